The molecule has 0 heteroatoms. The summed E-state index contributed by atoms with van der Waals surface area (Å²) in [6.45, 7) is 2.58. The number of fused-ring (bicyclic) bond motifs is 10. The molecular formula is C23H24. The molecule has 7 atom stereocenters. The summed E-state index contributed by atoms with van der Waals surface area (Å²) < 4.78 is 0. The zero-order valence-corrected chi connectivity index (χ0v) is 13.8. The smallest absolute Gasteiger partial charge is 0.00410 e. The fourth-order valence-electron chi connectivity index (χ4n) is 7.25. The van der Waals surface area contributed by atoms with Crippen LogP contribution < -0.4 is 0 Å². The molecule has 0 N–H and O–H groups in total. The van der Waals surface area contributed by atoms with Crippen molar-refractivity contribution >= 4 is 10.8 Å². The molecule has 0 radical (unpaired) electrons. The first-order valence-corrected chi connectivity index (χ1v) is 9.42. The third-order valence-corrected chi connectivity index (χ3v) is 8.06. The highest BCUT2D eigenvalue weighted by Gasteiger charge is 2.64. The molecule has 0 spiro atoms. The zero-order valence-electron chi connectivity index (χ0n) is 13.8. The van der Waals surface area contributed by atoms with E-state index in [1.165, 1.54) is 30.0 Å². The molecule has 23 heavy (non-hydrogen) atoms. The molecule has 4 bridgehead atoms. The molecular weight excluding hydrogens is 276 g/mol. The first-order chi connectivity index (χ1) is 11.2. The third-order valence-electron chi connectivity index (χ3n) is 8.06. The molecule has 4 aliphatic rings. The Morgan fingerprint density at radius 2 is 1.65 bits per heavy atom. The molecule has 3 saturated carbocycles. The fourth-order valence-corrected chi connectivity index (χ4v) is 7.25. The minimum absolute atomic E-state index is 0.411. The predicted octanol–water partition coefficient (Wildman–Crippen LogP) is 5.58. The van der Waals surface area contributed by atoms with E-state index in [1.54, 1.807) is 5.56 Å². The van der Waals surface area contributed by atoms with Crippen molar-refractivity contribution in [2.75, 3.05) is 0 Å². The van der Waals surface area contributed by atoms with E-state index in [-0.39, 0.29) is 0 Å². The monoisotopic (exact) mass is 300 g/mol. The average molecular weight is 300 g/mol. The van der Waals surface area contributed by atoms with Gasteiger partial charge in [0.25, 0.3) is 0 Å². The summed E-state index contributed by atoms with van der Waals surface area (Å²) in [6.07, 6.45) is 9.50. The minimum atomic E-state index is 0.411. The van der Waals surface area contributed by atoms with E-state index in [0.29, 0.717) is 5.41 Å². The van der Waals surface area contributed by atoms with E-state index in [9.17, 15) is 0 Å². The highest BCUT2D eigenvalue weighted by Crippen LogP contribution is 2.70. The van der Waals surface area contributed by atoms with Crippen LogP contribution in [0.1, 0.15) is 31.7 Å². The van der Waals surface area contributed by atoms with Crippen LogP contribution in [0.2, 0.25) is 0 Å². The van der Waals surface area contributed by atoms with Gasteiger partial charge in [-0.2, -0.15) is 0 Å². The number of hydrogen-bond donors (Lipinski definition) is 0. The lowest BCUT2D eigenvalue weighted by Crippen LogP contribution is -2.40. The van der Waals surface area contributed by atoms with Crippen molar-refractivity contribution in [1.29, 1.82) is 0 Å². The molecule has 2 aromatic rings. The van der Waals surface area contributed by atoms with Gasteiger partial charge in [0.2, 0.25) is 0 Å². The van der Waals surface area contributed by atoms with Gasteiger partial charge in [-0.3, -0.25) is 0 Å². The van der Waals surface area contributed by atoms with Gasteiger partial charge >= 0.3 is 0 Å². The van der Waals surface area contributed by atoms with Gasteiger partial charge in [0.1, 0.15) is 0 Å². The number of benzene rings is 2. The van der Waals surface area contributed by atoms with Crippen LogP contribution >= 0.6 is 0 Å². The van der Waals surface area contributed by atoms with Gasteiger partial charge < -0.3 is 0 Å². The summed E-state index contributed by atoms with van der Waals surface area (Å²) in [5.41, 5.74) is 2.02. The molecule has 2 aromatic carbocycles. The van der Waals surface area contributed by atoms with Gasteiger partial charge in [0.05, 0.1) is 0 Å². The first kappa shape index (κ1) is 12.8. The van der Waals surface area contributed by atoms with Crippen LogP contribution in [0.25, 0.3) is 10.8 Å². The van der Waals surface area contributed by atoms with Crippen molar-refractivity contribution in [3.63, 3.8) is 0 Å². The zero-order chi connectivity index (χ0) is 15.2. The van der Waals surface area contributed by atoms with Gasteiger partial charge in [0.15, 0.2) is 0 Å². The van der Waals surface area contributed by atoms with Gasteiger partial charge in [-0.25, -0.2) is 0 Å². The van der Waals surface area contributed by atoms with Crippen molar-refractivity contribution < 1.29 is 0 Å². The summed E-state index contributed by atoms with van der Waals surface area (Å²) >= 11 is 0. The lowest BCUT2D eigenvalue weighted by Gasteiger charge is -2.44. The predicted molar refractivity (Wildman–Crippen MR) is 95.2 cm³/mol. The Bertz CT molecular complexity index is 831. The quantitative estimate of drug-likeness (QED) is 0.476. The molecule has 0 heterocycles. The van der Waals surface area contributed by atoms with E-state index < -0.39 is 0 Å². The van der Waals surface area contributed by atoms with E-state index in [4.69, 9.17) is 0 Å². The molecule has 4 aliphatic carbocycles. The molecule has 0 aliphatic heterocycles. The maximum absolute atomic E-state index is 2.58. The lowest BCUT2D eigenvalue weighted by molar-refractivity contribution is 0.131. The molecule has 6 rings (SSSR count). The number of hydrogen-bond acceptors (Lipinski definition) is 0. The van der Waals surface area contributed by atoms with Crippen LogP contribution in [-0.4, -0.2) is 0 Å². The topological polar surface area (TPSA) is 0 Å². The van der Waals surface area contributed by atoms with Crippen LogP contribution in [0, 0.1) is 35.5 Å². The summed E-state index contributed by atoms with van der Waals surface area (Å²) in [6, 6.07) is 16.1. The van der Waals surface area contributed by atoms with Crippen molar-refractivity contribution in [1.82, 2.24) is 0 Å². The van der Waals surface area contributed by atoms with Gasteiger partial charge in [0, 0.05) is 0 Å². The van der Waals surface area contributed by atoms with Crippen LogP contribution in [-0.2, 0) is 5.41 Å². The fraction of sp³-hybridized carbons (Fsp3) is 0.478. The highest BCUT2D eigenvalue weighted by molar-refractivity contribution is 5.83. The molecule has 3 fully saturated rings. The summed E-state index contributed by atoms with van der Waals surface area (Å²) in [4.78, 5) is 0. The Morgan fingerprint density at radius 3 is 2.52 bits per heavy atom. The van der Waals surface area contributed by atoms with E-state index in [1.807, 2.05) is 0 Å². The summed E-state index contributed by atoms with van der Waals surface area (Å²) in [7, 11) is 0. The normalized spacial score (nSPS) is 46.0. The number of allylic oxidation sites excluding steroid dienone is 2. The summed E-state index contributed by atoms with van der Waals surface area (Å²) in [5.74, 6) is 5.75. The van der Waals surface area contributed by atoms with Crippen molar-refractivity contribution in [3.8, 4) is 0 Å². The van der Waals surface area contributed by atoms with Gasteiger partial charge in [-0.05, 0) is 76.5 Å². The van der Waals surface area contributed by atoms with Crippen LogP contribution in [0.4, 0.5) is 0 Å². The molecule has 0 amide bonds. The molecule has 0 nitrogen and oxygen atoms in total. The van der Waals surface area contributed by atoms with Gasteiger partial charge in [-0.15, -0.1) is 0 Å². The van der Waals surface area contributed by atoms with Crippen molar-refractivity contribution in [2.45, 2.75) is 31.6 Å². The SMILES string of the molecule is CC1(c2ccc3ccccc3c2)CC2CC1C1C3C=CC(C3)C21. The first-order valence-electron chi connectivity index (χ1n) is 9.42. The maximum atomic E-state index is 2.58. The molecule has 0 aromatic heterocycles. The Morgan fingerprint density at radius 1 is 0.870 bits per heavy atom. The van der Waals surface area contributed by atoms with Crippen LogP contribution in [0.5, 0.6) is 0 Å². The number of rotatable bonds is 1. The largest absolute Gasteiger partial charge is 0.0848 e. The Balaban J connectivity index is 1.45. The van der Waals surface area contributed by atoms with Crippen LogP contribution in [0.3, 0.4) is 0 Å². The maximum Gasteiger partial charge on any atom is -0.00410 e. The second kappa shape index (κ2) is 4.09. The standard InChI is InChI=1S/C23H24/c1-23(19-9-8-14-4-2-3-5-15(14)11-19)13-18-12-20(23)22-17-7-6-16(10-17)21(18)22/h2-9,11,16-18,20-22H,10,12-13H2,1H3. The average Bonchev–Trinajstić information content (AvgIpc) is 3.32. The summed E-state index contributed by atoms with van der Waals surface area (Å²) in [5, 5.41) is 2.79. The van der Waals surface area contributed by atoms with Crippen LogP contribution in [0.15, 0.2) is 54.6 Å². The molecule has 116 valence electrons. The van der Waals surface area contributed by atoms with E-state index in [0.717, 1.165) is 35.5 Å². The van der Waals surface area contributed by atoms with Crippen molar-refractivity contribution in [3.05, 3.63) is 60.2 Å². The molecule has 7 unspecified atom stereocenters. The Hall–Kier alpha value is -1.56. The highest BCUT2D eigenvalue weighted by atomic mass is 14.7. The second-order valence-electron chi connectivity index (χ2n) is 8.89. The van der Waals surface area contributed by atoms with Crippen molar-refractivity contribution in [2.24, 2.45) is 35.5 Å². The van der Waals surface area contributed by atoms with E-state index in [2.05, 4.69) is 61.5 Å². The minimum Gasteiger partial charge on any atom is -0.0848 e. The second-order valence-corrected chi connectivity index (χ2v) is 8.89. The third kappa shape index (κ3) is 1.48. The van der Waals surface area contributed by atoms with E-state index >= 15 is 0 Å². The lowest BCUT2D eigenvalue weighted by atomic mass is 9.60. The molecule has 0 saturated heterocycles. The van der Waals surface area contributed by atoms with Gasteiger partial charge in [-0.1, -0.05) is 61.5 Å². The Labute approximate surface area is 138 Å². The Kier molecular flexibility index (Phi) is 2.28.